The van der Waals surface area contributed by atoms with E-state index in [1.807, 2.05) is 26.0 Å². The molecule has 15 heavy (non-hydrogen) atoms. The lowest BCUT2D eigenvalue weighted by molar-refractivity contribution is -0.136. The molecule has 1 aromatic carbocycles. The van der Waals surface area contributed by atoms with Gasteiger partial charge in [0.25, 0.3) is 0 Å². The predicted octanol–water partition coefficient (Wildman–Crippen LogP) is 1.69. The second kappa shape index (κ2) is 2.35. The average molecular weight is 203 g/mol. The summed E-state index contributed by atoms with van der Waals surface area (Å²) in [5.41, 5.74) is 1.54. The van der Waals surface area contributed by atoms with E-state index in [1.54, 1.807) is 11.0 Å². The lowest BCUT2D eigenvalue weighted by Gasteiger charge is -2.49. The van der Waals surface area contributed by atoms with Gasteiger partial charge in [-0.3, -0.25) is 4.79 Å². The largest absolute Gasteiger partial charge is 0.506 e. The van der Waals surface area contributed by atoms with Gasteiger partial charge in [0.2, 0.25) is 5.91 Å². The van der Waals surface area contributed by atoms with Crippen LogP contribution in [0.2, 0.25) is 0 Å². The highest BCUT2D eigenvalue weighted by Gasteiger charge is 2.58. The van der Waals surface area contributed by atoms with E-state index >= 15 is 0 Å². The van der Waals surface area contributed by atoms with Gasteiger partial charge in [0.1, 0.15) is 5.75 Å². The maximum atomic E-state index is 11.9. The molecule has 3 heteroatoms. The summed E-state index contributed by atoms with van der Waals surface area (Å²) in [5.74, 6) is 0.339. The van der Waals surface area contributed by atoms with Crippen molar-refractivity contribution in [3.8, 4) is 5.75 Å². The lowest BCUT2D eigenvalue weighted by atomic mass is 9.74. The van der Waals surface area contributed by atoms with Gasteiger partial charge in [-0.05, 0) is 31.9 Å². The smallest absolute Gasteiger partial charge is 0.235 e. The van der Waals surface area contributed by atoms with Crippen molar-refractivity contribution in [3.05, 3.63) is 23.8 Å². The van der Waals surface area contributed by atoms with Crippen molar-refractivity contribution in [2.45, 2.75) is 26.3 Å². The van der Waals surface area contributed by atoms with E-state index < -0.39 is 0 Å². The van der Waals surface area contributed by atoms with Crippen LogP contribution in [0.25, 0.3) is 0 Å². The Morgan fingerprint density at radius 3 is 2.93 bits per heavy atom. The Hall–Kier alpha value is -1.51. The Morgan fingerprint density at radius 1 is 1.47 bits per heavy atom. The normalized spacial score (nSPS) is 25.9. The van der Waals surface area contributed by atoms with Gasteiger partial charge in [0, 0.05) is 0 Å². The summed E-state index contributed by atoms with van der Waals surface area (Å²) in [6.45, 7) is 3.94. The number of hydrogen-bond acceptors (Lipinski definition) is 2. The minimum atomic E-state index is -0.272. The fourth-order valence-electron chi connectivity index (χ4n) is 2.68. The molecule has 1 aromatic rings. The lowest BCUT2D eigenvalue weighted by Crippen LogP contribution is -2.65. The van der Waals surface area contributed by atoms with Gasteiger partial charge in [-0.2, -0.15) is 0 Å². The van der Waals surface area contributed by atoms with E-state index in [1.165, 1.54) is 0 Å². The zero-order chi connectivity index (χ0) is 10.8. The molecule has 0 saturated carbocycles. The molecule has 2 heterocycles. The number of aromatic hydroxyl groups is 1. The zero-order valence-corrected chi connectivity index (χ0v) is 8.82. The summed E-state index contributed by atoms with van der Waals surface area (Å²) < 4.78 is 0. The SMILES string of the molecule is CC1(C)C(=O)N2c3c(O)cccc3CC21. The van der Waals surface area contributed by atoms with Crippen molar-refractivity contribution < 1.29 is 9.90 Å². The van der Waals surface area contributed by atoms with Crippen molar-refractivity contribution in [1.29, 1.82) is 0 Å². The minimum absolute atomic E-state index is 0.118. The summed E-state index contributed by atoms with van der Waals surface area (Å²) in [6.07, 6.45) is 0.864. The van der Waals surface area contributed by atoms with Crippen LogP contribution in [0.1, 0.15) is 19.4 Å². The second-order valence-electron chi connectivity index (χ2n) is 4.90. The highest BCUT2D eigenvalue weighted by atomic mass is 16.3. The molecule has 1 amide bonds. The van der Waals surface area contributed by atoms with E-state index in [2.05, 4.69) is 0 Å². The van der Waals surface area contributed by atoms with Gasteiger partial charge in [0.15, 0.2) is 0 Å². The molecular weight excluding hydrogens is 190 g/mol. The summed E-state index contributed by atoms with van der Waals surface area (Å²) in [6, 6.07) is 5.68. The summed E-state index contributed by atoms with van der Waals surface area (Å²) in [4.78, 5) is 13.6. The third-order valence-electron chi connectivity index (χ3n) is 3.67. The number of carbonyl (C=O) groups excluding carboxylic acids is 1. The Labute approximate surface area is 88.3 Å². The third-order valence-corrected chi connectivity index (χ3v) is 3.67. The number of rotatable bonds is 0. The predicted molar refractivity (Wildman–Crippen MR) is 56.9 cm³/mol. The number of carbonyl (C=O) groups is 1. The van der Waals surface area contributed by atoms with Crippen molar-refractivity contribution >= 4 is 11.6 Å². The van der Waals surface area contributed by atoms with Gasteiger partial charge in [-0.1, -0.05) is 12.1 Å². The molecule has 0 aliphatic carbocycles. The number of fused-ring (bicyclic) bond motifs is 3. The summed E-state index contributed by atoms with van der Waals surface area (Å²) >= 11 is 0. The van der Waals surface area contributed by atoms with Crippen LogP contribution in [0.5, 0.6) is 5.75 Å². The average Bonchev–Trinajstić information content (AvgIpc) is 2.56. The first-order valence-corrected chi connectivity index (χ1v) is 5.18. The van der Waals surface area contributed by atoms with Crippen molar-refractivity contribution in [2.24, 2.45) is 5.41 Å². The molecule has 0 aromatic heterocycles. The third kappa shape index (κ3) is 0.838. The quantitative estimate of drug-likeness (QED) is 0.652. The molecule has 2 aliphatic heterocycles. The maximum Gasteiger partial charge on any atom is 0.235 e. The highest BCUT2D eigenvalue weighted by Crippen LogP contribution is 2.52. The minimum Gasteiger partial charge on any atom is -0.506 e. The Balaban J connectivity index is 2.14. The van der Waals surface area contributed by atoms with E-state index in [-0.39, 0.29) is 23.1 Å². The summed E-state index contributed by atoms with van der Waals surface area (Å²) in [7, 11) is 0. The van der Waals surface area contributed by atoms with E-state index in [0.29, 0.717) is 0 Å². The first-order valence-electron chi connectivity index (χ1n) is 5.18. The molecule has 0 spiro atoms. The van der Waals surface area contributed by atoms with E-state index in [0.717, 1.165) is 17.7 Å². The molecule has 1 atom stereocenters. The van der Waals surface area contributed by atoms with E-state index in [9.17, 15) is 9.90 Å². The molecule has 1 N–H and O–H groups in total. The van der Waals surface area contributed by atoms with Crippen LogP contribution in [0.4, 0.5) is 5.69 Å². The molecule has 78 valence electrons. The Morgan fingerprint density at radius 2 is 2.20 bits per heavy atom. The standard InChI is InChI=1S/C12H13NO2/c1-12(2)9-6-7-4-3-5-8(14)10(7)13(9)11(12)15/h3-5,9,14H,6H2,1-2H3. The number of hydrogen-bond donors (Lipinski definition) is 1. The van der Waals surface area contributed by atoms with Crippen LogP contribution in [0.15, 0.2) is 18.2 Å². The van der Waals surface area contributed by atoms with Gasteiger partial charge < -0.3 is 10.0 Å². The van der Waals surface area contributed by atoms with Gasteiger partial charge in [0.05, 0.1) is 17.1 Å². The van der Waals surface area contributed by atoms with E-state index in [4.69, 9.17) is 0 Å². The van der Waals surface area contributed by atoms with Crippen LogP contribution >= 0.6 is 0 Å². The first-order chi connectivity index (χ1) is 7.03. The Kier molecular flexibility index (Phi) is 1.37. The molecule has 1 fully saturated rings. The topological polar surface area (TPSA) is 40.5 Å². The van der Waals surface area contributed by atoms with Crippen molar-refractivity contribution in [3.63, 3.8) is 0 Å². The van der Waals surface area contributed by atoms with Gasteiger partial charge >= 0.3 is 0 Å². The van der Waals surface area contributed by atoms with Crippen LogP contribution in [0.3, 0.4) is 0 Å². The number of phenolic OH excluding ortho intramolecular Hbond substituents is 1. The molecular formula is C12H13NO2. The number of amides is 1. The number of phenols is 1. The van der Waals surface area contributed by atoms with Crippen molar-refractivity contribution in [1.82, 2.24) is 0 Å². The number of β-lactam (4-membered cyclic amide) rings is 1. The molecule has 0 radical (unpaired) electrons. The van der Waals surface area contributed by atoms with Crippen LogP contribution < -0.4 is 4.90 Å². The maximum absolute atomic E-state index is 11.9. The molecule has 1 unspecified atom stereocenters. The van der Waals surface area contributed by atoms with Gasteiger partial charge in [-0.15, -0.1) is 0 Å². The fourth-order valence-corrected chi connectivity index (χ4v) is 2.68. The molecule has 0 bridgehead atoms. The molecule has 2 aliphatic rings. The van der Waals surface area contributed by atoms with Crippen molar-refractivity contribution in [2.75, 3.05) is 4.90 Å². The molecule has 3 nitrogen and oxygen atoms in total. The van der Waals surface area contributed by atoms with Gasteiger partial charge in [-0.25, -0.2) is 0 Å². The van der Waals surface area contributed by atoms with Crippen LogP contribution in [-0.4, -0.2) is 17.1 Å². The molecule has 3 rings (SSSR count). The first kappa shape index (κ1) is 8.77. The van der Waals surface area contributed by atoms with Crippen LogP contribution in [0, 0.1) is 5.41 Å². The number of nitrogens with zero attached hydrogens (tertiary/aromatic N) is 1. The number of anilines is 1. The second-order valence-corrected chi connectivity index (χ2v) is 4.90. The number of para-hydroxylation sites is 1. The number of benzene rings is 1. The summed E-state index contributed by atoms with van der Waals surface area (Å²) in [5, 5.41) is 9.75. The molecule has 1 saturated heterocycles. The fraction of sp³-hybridized carbons (Fsp3) is 0.417. The monoisotopic (exact) mass is 203 g/mol. The van der Waals surface area contributed by atoms with Crippen LogP contribution in [-0.2, 0) is 11.2 Å². The highest BCUT2D eigenvalue weighted by molar-refractivity contribution is 6.08. The Bertz CT molecular complexity index is 465. The zero-order valence-electron chi connectivity index (χ0n) is 8.82.